The maximum Gasteiger partial charge on any atom is 0.418 e. The first-order valence-electron chi connectivity index (χ1n) is 8.44. The van der Waals surface area contributed by atoms with Crippen LogP contribution in [0, 0.1) is 5.92 Å². The SMILES string of the molecule is CCCn1c(SC(C(=O)Nc2ccccc2C(F)(F)F)C(C)C)n[nH]c1=O. The molecule has 0 bridgehead atoms. The van der Waals surface area contributed by atoms with Gasteiger partial charge in [0.15, 0.2) is 5.16 Å². The molecule has 2 rings (SSSR count). The van der Waals surface area contributed by atoms with Gasteiger partial charge < -0.3 is 5.32 Å². The number of aromatic nitrogens is 3. The Bertz CT molecular complexity index is 845. The molecule has 0 radical (unpaired) electrons. The molecule has 0 aliphatic heterocycles. The van der Waals surface area contributed by atoms with E-state index in [1.165, 1.54) is 22.8 Å². The minimum atomic E-state index is -4.58. The van der Waals surface area contributed by atoms with Crippen LogP contribution in [0.3, 0.4) is 0 Å². The minimum absolute atomic E-state index is 0.199. The van der Waals surface area contributed by atoms with Gasteiger partial charge in [0.1, 0.15) is 0 Å². The Morgan fingerprint density at radius 2 is 2.00 bits per heavy atom. The van der Waals surface area contributed by atoms with E-state index in [4.69, 9.17) is 0 Å². The Kier molecular flexibility index (Phi) is 6.74. The predicted molar refractivity (Wildman–Crippen MR) is 97.7 cm³/mol. The largest absolute Gasteiger partial charge is 0.418 e. The summed E-state index contributed by atoms with van der Waals surface area (Å²) < 4.78 is 40.8. The van der Waals surface area contributed by atoms with Crippen LogP contribution in [-0.2, 0) is 17.5 Å². The number of carbonyl (C=O) groups excluding carboxylic acids is 1. The van der Waals surface area contributed by atoms with E-state index in [1.807, 2.05) is 6.92 Å². The lowest BCUT2D eigenvalue weighted by atomic mass is 10.1. The Hall–Kier alpha value is -2.23. The molecule has 2 aromatic rings. The molecule has 1 atom stereocenters. The van der Waals surface area contributed by atoms with E-state index < -0.39 is 22.9 Å². The van der Waals surface area contributed by atoms with E-state index in [-0.39, 0.29) is 17.3 Å². The molecular formula is C17H21F3N4O2S. The molecule has 148 valence electrons. The zero-order valence-electron chi connectivity index (χ0n) is 15.1. The summed E-state index contributed by atoms with van der Waals surface area (Å²) in [6.07, 6.45) is -3.88. The van der Waals surface area contributed by atoms with E-state index in [1.54, 1.807) is 13.8 Å². The van der Waals surface area contributed by atoms with E-state index in [0.717, 1.165) is 17.8 Å². The van der Waals surface area contributed by atoms with Gasteiger partial charge in [-0.15, -0.1) is 5.10 Å². The second-order valence-corrected chi connectivity index (χ2v) is 7.39. The Labute approximate surface area is 158 Å². The molecule has 1 aromatic heterocycles. The maximum absolute atomic E-state index is 13.1. The third kappa shape index (κ3) is 5.15. The number of alkyl halides is 3. The molecule has 1 amide bonds. The number of H-pyrrole nitrogens is 1. The average molecular weight is 402 g/mol. The first-order chi connectivity index (χ1) is 12.6. The summed E-state index contributed by atoms with van der Waals surface area (Å²) >= 11 is 1.05. The first-order valence-corrected chi connectivity index (χ1v) is 9.32. The number of benzene rings is 1. The lowest BCUT2D eigenvalue weighted by Crippen LogP contribution is -2.31. The van der Waals surface area contributed by atoms with Crippen LogP contribution in [0.25, 0.3) is 0 Å². The number of amides is 1. The van der Waals surface area contributed by atoms with Crippen molar-refractivity contribution in [3.63, 3.8) is 0 Å². The van der Waals surface area contributed by atoms with Gasteiger partial charge in [0.2, 0.25) is 5.91 Å². The third-order valence-corrected chi connectivity index (χ3v) is 5.29. The number of anilines is 1. The van der Waals surface area contributed by atoms with Crippen LogP contribution in [0.1, 0.15) is 32.8 Å². The van der Waals surface area contributed by atoms with Crippen molar-refractivity contribution >= 4 is 23.4 Å². The molecule has 1 unspecified atom stereocenters. The summed E-state index contributed by atoms with van der Waals surface area (Å²) in [6, 6.07) is 4.82. The number of para-hydroxylation sites is 1. The number of hydrogen-bond acceptors (Lipinski definition) is 4. The lowest BCUT2D eigenvalue weighted by molar-refractivity contribution is -0.137. The Morgan fingerprint density at radius 3 is 2.59 bits per heavy atom. The van der Waals surface area contributed by atoms with Crippen LogP contribution < -0.4 is 11.0 Å². The van der Waals surface area contributed by atoms with Crippen molar-refractivity contribution in [3.8, 4) is 0 Å². The van der Waals surface area contributed by atoms with Crippen molar-refractivity contribution in [3.05, 3.63) is 40.3 Å². The van der Waals surface area contributed by atoms with Gasteiger partial charge in [-0.05, 0) is 24.5 Å². The van der Waals surface area contributed by atoms with E-state index in [2.05, 4.69) is 15.5 Å². The standard InChI is InChI=1S/C17H21F3N4O2S/c1-4-9-24-15(26)22-23-16(24)27-13(10(2)3)14(25)21-12-8-6-5-7-11(12)17(18,19)20/h5-8,10,13H,4,9H2,1-3H3,(H,21,25)(H,22,26). The number of hydrogen-bond donors (Lipinski definition) is 2. The Balaban J connectivity index is 2.26. The third-order valence-electron chi connectivity index (χ3n) is 3.76. The van der Waals surface area contributed by atoms with Gasteiger partial charge in [0.05, 0.1) is 16.5 Å². The number of halogens is 3. The van der Waals surface area contributed by atoms with E-state index in [9.17, 15) is 22.8 Å². The van der Waals surface area contributed by atoms with Crippen LogP contribution in [0.4, 0.5) is 18.9 Å². The van der Waals surface area contributed by atoms with Gasteiger partial charge in [-0.1, -0.05) is 44.7 Å². The summed E-state index contributed by atoms with van der Waals surface area (Å²) in [5.74, 6) is -0.778. The smallest absolute Gasteiger partial charge is 0.325 e. The van der Waals surface area contributed by atoms with Crippen molar-refractivity contribution in [1.29, 1.82) is 0 Å². The van der Waals surface area contributed by atoms with Gasteiger partial charge in [-0.25, -0.2) is 9.89 Å². The van der Waals surface area contributed by atoms with Crippen molar-refractivity contribution in [2.24, 2.45) is 5.92 Å². The van der Waals surface area contributed by atoms with Crippen molar-refractivity contribution in [1.82, 2.24) is 14.8 Å². The van der Waals surface area contributed by atoms with Crippen molar-refractivity contribution < 1.29 is 18.0 Å². The molecule has 10 heteroatoms. The highest BCUT2D eigenvalue weighted by Crippen LogP contribution is 2.35. The van der Waals surface area contributed by atoms with Crippen LogP contribution in [0.15, 0.2) is 34.2 Å². The highest BCUT2D eigenvalue weighted by molar-refractivity contribution is 8.00. The highest BCUT2D eigenvalue weighted by atomic mass is 32.2. The number of thioether (sulfide) groups is 1. The van der Waals surface area contributed by atoms with Crippen LogP contribution >= 0.6 is 11.8 Å². The van der Waals surface area contributed by atoms with Gasteiger partial charge in [0, 0.05) is 6.54 Å². The van der Waals surface area contributed by atoms with Gasteiger partial charge in [-0.2, -0.15) is 13.2 Å². The monoisotopic (exact) mass is 402 g/mol. The molecular weight excluding hydrogens is 381 g/mol. The normalized spacial score (nSPS) is 13.0. The number of nitrogens with zero attached hydrogens (tertiary/aromatic N) is 2. The molecule has 0 aliphatic rings. The fourth-order valence-electron chi connectivity index (χ4n) is 2.46. The molecule has 0 spiro atoms. The number of aromatic amines is 1. The average Bonchev–Trinajstić information content (AvgIpc) is 2.92. The molecule has 2 N–H and O–H groups in total. The summed E-state index contributed by atoms with van der Waals surface area (Å²) in [4.78, 5) is 24.5. The van der Waals surface area contributed by atoms with Gasteiger partial charge in [0.25, 0.3) is 0 Å². The molecule has 0 saturated carbocycles. The summed E-state index contributed by atoms with van der Waals surface area (Å²) in [7, 11) is 0. The topological polar surface area (TPSA) is 79.8 Å². The van der Waals surface area contributed by atoms with Crippen molar-refractivity contribution in [2.45, 2.75) is 50.3 Å². The lowest BCUT2D eigenvalue weighted by Gasteiger charge is -2.21. The fourth-order valence-corrected chi connectivity index (χ4v) is 3.53. The van der Waals surface area contributed by atoms with Crippen LogP contribution in [-0.4, -0.2) is 25.9 Å². The molecule has 1 heterocycles. The van der Waals surface area contributed by atoms with Crippen LogP contribution in [0.5, 0.6) is 0 Å². The number of rotatable bonds is 7. The number of carbonyl (C=O) groups is 1. The fraction of sp³-hybridized carbons (Fsp3) is 0.471. The Morgan fingerprint density at radius 1 is 1.33 bits per heavy atom. The molecule has 1 aromatic carbocycles. The summed E-state index contributed by atoms with van der Waals surface area (Å²) in [6.45, 7) is 5.89. The first kappa shape index (κ1) is 21.1. The van der Waals surface area contributed by atoms with E-state index in [0.29, 0.717) is 18.1 Å². The molecule has 0 saturated heterocycles. The van der Waals surface area contributed by atoms with Gasteiger partial charge in [-0.3, -0.25) is 9.36 Å². The van der Waals surface area contributed by atoms with Crippen molar-refractivity contribution in [2.75, 3.05) is 5.32 Å². The van der Waals surface area contributed by atoms with E-state index >= 15 is 0 Å². The predicted octanol–water partition coefficient (Wildman–Crippen LogP) is 3.76. The molecule has 6 nitrogen and oxygen atoms in total. The molecule has 27 heavy (non-hydrogen) atoms. The second kappa shape index (κ2) is 8.64. The minimum Gasteiger partial charge on any atom is -0.325 e. The van der Waals surface area contributed by atoms with Gasteiger partial charge >= 0.3 is 11.9 Å². The highest BCUT2D eigenvalue weighted by Gasteiger charge is 2.34. The summed E-state index contributed by atoms with van der Waals surface area (Å²) in [5.41, 5.74) is -1.59. The van der Waals surface area contributed by atoms with Crippen LogP contribution in [0.2, 0.25) is 0 Å². The quantitative estimate of drug-likeness (QED) is 0.691. The second-order valence-electron chi connectivity index (χ2n) is 6.28. The maximum atomic E-state index is 13.1. The molecule has 0 aliphatic carbocycles. The summed E-state index contributed by atoms with van der Waals surface area (Å²) in [5, 5.41) is 8.25. The zero-order chi connectivity index (χ0) is 20.2. The molecule has 0 fully saturated rings. The zero-order valence-corrected chi connectivity index (χ0v) is 15.9. The number of nitrogens with one attached hydrogen (secondary N) is 2.